The molecule has 1 heterocycles. The number of anilines is 1. The van der Waals surface area contributed by atoms with Gasteiger partial charge in [-0.05, 0) is 50.8 Å². The lowest BCUT2D eigenvalue weighted by Gasteiger charge is -2.19. The Labute approximate surface area is 170 Å². The number of nitrogens with zero attached hydrogens (tertiary/aromatic N) is 3. The van der Waals surface area contributed by atoms with Crippen LogP contribution in [-0.4, -0.2) is 60.4 Å². The second-order valence-electron chi connectivity index (χ2n) is 7.35. The van der Waals surface area contributed by atoms with Gasteiger partial charge in [-0.1, -0.05) is 13.3 Å². The summed E-state index contributed by atoms with van der Waals surface area (Å²) in [7, 11) is 5.68. The summed E-state index contributed by atoms with van der Waals surface area (Å²) >= 11 is 0. The molecule has 1 amide bonds. The summed E-state index contributed by atoms with van der Waals surface area (Å²) in [6, 6.07) is 10.6. The minimum absolute atomic E-state index is 0.0651. The van der Waals surface area contributed by atoms with Gasteiger partial charge in [-0.15, -0.1) is 0 Å². The van der Waals surface area contributed by atoms with Crippen LogP contribution in [0.1, 0.15) is 29.4 Å². The summed E-state index contributed by atoms with van der Waals surface area (Å²) in [5.74, 6) is 0.405. The minimum atomic E-state index is -0.283. The Balaban J connectivity index is 1.79. The van der Waals surface area contributed by atoms with Gasteiger partial charge in [0.25, 0.3) is 5.91 Å². The quantitative estimate of drug-likeness (QED) is 0.610. The van der Waals surface area contributed by atoms with Crippen molar-refractivity contribution in [3.8, 4) is 11.5 Å². The highest BCUT2D eigenvalue weighted by Crippen LogP contribution is 2.29. The highest BCUT2D eigenvalue weighted by molar-refractivity contribution is 6.09. The number of carbonyl (C=O) groups excluding carboxylic acids is 1. The fourth-order valence-electron chi connectivity index (χ4n) is 3.12. The normalized spacial score (nSPS) is 11.2. The molecule has 0 bridgehead atoms. The number of likely N-dealkylation sites (N-methyl/N-ethyl adjacent to an activating group) is 1. The molecule has 0 aliphatic carbocycles. The van der Waals surface area contributed by atoms with Crippen LogP contribution in [0.3, 0.4) is 0 Å². The van der Waals surface area contributed by atoms with Crippen LogP contribution in [0.15, 0.2) is 36.4 Å². The van der Waals surface area contributed by atoms with Gasteiger partial charge in [-0.2, -0.15) is 5.10 Å². The van der Waals surface area contributed by atoms with E-state index >= 15 is 0 Å². The molecule has 29 heavy (non-hydrogen) atoms. The number of hydrogen-bond donors (Lipinski definition) is 2. The molecule has 0 spiro atoms. The first-order chi connectivity index (χ1) is 13.9. The molecule has 3 rings (SSSR count). The zero-order valence-corrected chi connectivity index (χ0v) is 17.4. The van der Waals surface area contributed by atoms with Gasteiger partial charge >= 0.3 is 0 Å². The van der Waals surface area contributed by atoms with Crippen molar-refractivity contribution in [1.82, 2.24) is 15.1 Å². The standard InChI is InChI=1S/C22H28N4O3/c1-5-6-19-17-13-18(21(27)14-20(17)24-23-19)22(28)26(4)15-7-9-16(10-8-15)29-12-11-25(2)3/h7-10,13-14,27H,5-6,11-12H2,1-4H3,(H,23,24). The number of H-pyrrole nitrogens is 1. The predicted molar refractivity (Wildman–Crippen MR) is 115 cm³/mol. The SMILES string of the molecule is CCCc1n[nH]c2cc(O)c(C(=O)N(C)c3ccc(OCCN(C)C)cc3)cc12. The molecule has 154 valence electrons. The molecule has 0 saturated heterocycles. The van der Waals surface area contributed by atoms with E-state index in [4.69, 9.17) is 4.74 Å². The molecule has 0 radical (unpaired) electrons. The number of ether oxygens (including phenoxy) is 1. The van der Waals surface area contributed by atoms with Crippen molar-refractivity contribution >= 4 is 22.5 Å². The van der Waals surface area contributed by atoms with E-state index in [0.717, 1.165) is 47.4 Å². The fourth-order valence-corrected chi connectivity index (χ4v) is 3.12. The van der Waals surface area contributed by atoms with Crippen molar-refractivity contribution in [1.29, 1.82) is 0 Å². The number of nitrogens with one attached hydrogen (secondary N) is 1. The van der Waals surface area contributed by atoms with Crippen LogP contribution < -0.4 is 9.64 Å². The fraction of sp³-hybridized carbons (Fsp3) is 0.364. The van der Waals surface area contributed by atoms with Gasteiger partial charge in [0.15, 0.2) is 0 Å². The molecule has 1 aromatic heterocycles. The Hall–Kier alpha value is -3.06. The summed E-state index contributed by atoms with van der Waals surface area (Å²) in [4.78, 5) is 16.6. The van der Waals surface area contributed by atoms with Crippen molar-refractivity contribution in [3.63, 3.8) is 0 Å². The number of fused-ring (bicyclic) bond motifs is 1. The number of aryl methyl sites for hydroxylation is 1. The smallest absolute Gasteiger partial charge is 0.261 e. The second kappa shape index (κ2) is 8.96. The lowest BCUT2D eigenvalue weighted by molar-refractivity contribution is 0.0990. The molecule has 0 atom stereocenters. The number of amides is 1. The van der Waals surface area contributed by atoms with Gasteiger partial charge in [-0.3, -0.25) is 9.89 Å². The number of carbonyl (C=O) groups is 1. The lowest BCUT2D eigenvalue weighted by Crippen LogP contribution is -2.26. The lowest BCUT2D eigenvalue weighted by atomic mass is 10.1. The number of benzene rings is 2. The third-order valence-electron chi connectivity index (χ3n) is 4.81. The van der Waals surface area contributed by atoms with Crippen LogP contribution >= 0.6 is 0 Å². The van der Waals surface area contributed by atoms with Crippen LogP contribution in [0.2, 0.25) is 0 Å². The number of hydrogen-bond acceptors (Lipinski definition) is 5. The van der Waals surface area contributed by atoms with E-state index in [1.54, 1.807) is 19.2 Å². The number of aromatic hydroxyl groups is 1. The Kier molecular flexibility index (Phi) is 6.39. The molecule has 0 fully saturated rings. The van der Waals surface area contributed by atoms with Gasteiger partial charge in [0, 0.05) is 30.7 Å². The summed E-state index contributed by atoms with van der Waals surface area (Å²) in [6.07, 6.45) is 1.76. The van der Waals surface area contributed by atoms with Crippen molar-refractivity contribution < 1.29 is 14.6 Å². The van der Waals surface area contributed by atoms with Crippen LogP contribution in [0.4, 0.5) is 5.69 Å². The number of phenols is 1. The van der Waals surface area contributed by atoms with Gasteiger partial charge in [0.2, 0.25) is 0 Å². The third kappa shape index (κ3) is 4.68. The molecular formula is C22H28N4O3. The van der Waals surface area contributed by atoms with E-state index in [-0.39, 0.29) is 17.2 Å². The number of phenolic OH excluding ortho intramolecular Hbond substituents is 1. The van der Waals surface area contributed by atoms with E-state index in [1.807, 2.05) is 38.4 Å². The van der Waals surface area contributed by atoms with Crippen molar-refractivity contribution in [3.05, 3.63) is 47.7 Å². The molecule has 0 unspecified atom stereocenters. The Morgan fingerprint density at radius 3 is 2.55 bits per heavy atom. The molecule has 7 nitrogen and oxygen atoms in total. The highest BCUT2D eigenvalue weighted by Gasteiger charge is 2.20. The maximum Gasteiger partial charge on any atom is 0.261 e. The van der Waals surface area contributed by atoms with Crippen LogP contribution in [0, 0.1) is 0 Å². The zero-order valence-electron chi connectivity index (χ0n) is 17.4. The van der Waals surface area contributed by atoms with E-state index in [2.05, 4.69) is 22.0 Å². The van der Waals surface area contributed by atoms with Gasteiger partial charge < -0.3 is 19.6 Å². The van der Waals surface area contributed by atoms with Gasteiger partial charge in [-0.25, -0.2) is 0 Å². The highest BCUT2D eigenvalue weighted by atomic mass is 16.5. The van der Waals surface area contributed by atoms with Crippen molar-refractivity contribution in [2.24, 2.45) is 0 Å². The monoisotopic (exact) mass is 396 g/mol. The zero-order chi connectivity index (χ0) is 21.0. The minimum Gasteiger partial charge on any atom is -0.507 e. The van der Waals surface area contributed by atoms with Gasteiger partial charge in [0.05, 0.1) is 16.8 Å². The molecule has 3 aromatic rings. The van der Waals surface area contributed by atoms with Crippen LogP contribution in [-0.2, 0) is 6.42 Å². The summed E-state index contributed by atoms with van der Waals surface area (Å²) in [6.45, 7) is 3.50. The van der Waals surface area contributed by atoms with Gasteiger partial charge in [0.1, 0.15) is 18.1 Å². The first-order valence-electron chi connectivity index (χ1n) is 9.76. The summed E-state index contributed by atoms with van der Waals surface area (Å²) in [5.41, 5.74) is 2.60. The van der Waals surface area contributed by atoms with E-state index in [9.17, 15) is 9.90 Å². The Morgan fingerprint density at radius 1 is 1.17 bits per heavy atom. The molecule has 0 aliphatic heterocycles. The largest absolute Gasteiger partial charge is 0.507 e. The average Bonchev–Trinajstić information content (AvgIpc) is 3.08. The maximum atomic E-state index is 13.0. The van der Waals surface area contributed by atoms with Crippen molar-refractivity contribution in [2.75, 3.05) is 39.2 Å². The predicted octanol–water partition coefficient (Wildman–Crippen LogP) is 3.44. The Bertz CT molecular complexity index is 980. The molecule has 0 saturated carbocycles. The van der Waals surface area contributed by atoms with Crippen LogP contribution in [0.5, 0.6) is 11.5 Å². The second-order valence-corrected chi connectivity index (χ2v) is 7.35. The summed E-state index contributed by atoms with van der Waals surface area (Å²) in [5, 5.41) is 18.5. The third-order valence-corrected chi connectivity index (χ3v) is 4.81. The number of aromatic amines is 1. The molecule has 7 heteroatoms. The first kappa shape index (κ1) is 20.7. The van der Waals surface area contributed by atoms with Crippen LogP contribution in [0.25, 0.3) is 10.9 Å². The van der Waals surface area contributed by atoms with E-state index in [1.165, 1.54) is 4.90 Å². The van der Waals surface area contributed by atoms with E-state index < -0.39 is 0 Å². The van der Waals surface area contributed by atoms with E-state index in [0.29, 0.717) is 6.61 Å². The maximum absolute atomic E-state index is 13.0. The molecular weight excluding hydrogens is 368 g/mol. The number of rotatable bonds is 8. The number of aromatic nitrogens is 2. The summed E-state index contributed by atoms with van der Waals surface area (Å²) < 4.78 is 5.70. The average molecular weight is 396 g/mol. The molecule has 2 aromatic carbocycles. The first-order valence-corrected chi connectivity index (χ1v) is 9.76. The molecule has 2 N–H and O–H groups in total. The Morgan fingerprint density at radius 2 is 1.90 bits per heavy atom. The topological polar surface area (TPSA) is 81.7 Å². The van der Waals surface area contributed by atoms with Crippen molar-refractivity contribution in [2.45, 2.75) is 19.8 Å². The molecule has 0 aliphatic rings.